The zero-order valence-corrected chi connectivity index (χ0v) is 13.8. The third-order valence-corrected chi connectivity index (χ3v) is 3.67. The van der Waals surface area contributed by atoms with Crippen LogP contribution in [-0.2, 0) is 0 Å². The van der Waals surface area contributed by atoms with E-state index in [0.29, 0.717) is 23.1 Å². The first-order valence-electron chi connectivity index (χ1n) is 7.60. The highest BCUT2D eigenvalue weighted by Crippen LogP contribution is 2.32. The molecule has 118 valence electrons. The molecule has 0 fully saturated rings. The smallest absolute Gasteiger partial charge is 0.169 e. The topological polar surface area (TPSA) is 21.7 Å². The Kier molecular flexibility index (Phi) is 6.56. The van der Waals surface area contributed by atoms with Crippen LogP contribution >= 0.6 is 11.6 Å². The van der Waals surface area contributed by atoms with Gasteiger partial charge in [-0.2, -0.15) is 0 Å². The highest BCUT2D eigenvalue weighted by atomic mass is 35.5. The number of hydrogen-bond acceptors (Lipinski definition) is 3. The van der Waals surface area contributed by atoms with E-state index in [0.717, 1.165) is 25.4 Å². The Labute approximate surface area is 137 Å². The maximum Gasteiger partial charge on any atom is 0.169 e. The molecule has 0 heterocycles. The molecule has 2 rings (SSSR count). The van der Waals surface area contributed by atoms with Crippen molar-refractivity contribution >= 4 is 11.6 Å². The molecule has 0 aliphatic rings. The summed E-state index contributed by atoms with van der Waals surface area (Å²) in [4.78, 5) is 2.32. The SMILES string of the molecule is CCN(CC)CCOc1ccccc1Oc1cccc(Cl)c1. The number of rotatable bonds is 8. The first-order chi connectivity index (χ1) is 10.7. The molecule has 0 aromatic heterocycles. The Morgan fingerprint density at radius 1 is 0.955 bits per heavy atom. The minimum Gasteiger partial charge on any atom is -0.488 e. The van der Waals surface area contributed by atoms with Gasteiger partial charge in [0.15, 0.2) is 11.5 Å². The lowest BCUT2D eigenvalue weighted by Gasteiger charge is -2.19. The van der Waals surface area contributed by atoms with Crippen molar-refractivity contribution in [2.24, 2.45) is 0 Å². The van der Waals surface area contributed by atoms with Crippen LogP contribution in [0.3, 0.4) is 0 Å². The lowest BCUT2D eigenvalue weighted by Crippen LogP contribution is -2.27. The van der Waals surface area contributed by atoms with Gasteiger partial charge in [-0.15, -0.1) is 0 Å². The Balaban J connectivity index is 2.00. The van der Waals surface area contributed by atoms with Crippen LogP contribution in [0.2, 0.25) is 5.02 Å². The highest BCUT2D eigenvalue weighted by Gasteiger charge is 2.07. The van der Waals surface area contributed by atoms with E-state index < -0.39 is 0 Å². The minimum atomic E-state index is 0.637. The average Bonchev–Trinajstić information content (AvgIpc) is 2.53. The molecule has 0 saturated carbocycles. The van der Waals surface area contributed by atoms with Gasteiger partial charge < -0.3 is 14.4 Å². The molecule has 0 unspecified atom stereocenters. The first kappa shape index (κ1) is 16.7. The molecule has 0 spiro atoms. The zero-order chi connectivity index (χ0) is 15.8. The first-order valence-corrected chi connectivity index (χ1v) is 7.98. The normalized spacial score (nSPS) is 10.7. The molecule has 3 nitrogen and oxygen atoms in total. The molecule has 2 aromatic carbocycles. The second kappa shape index (κ2) is 8.66. The highest BCUT2D eigenvalue weighted by molar-refractivity contribution is 6.30. The van der Waals surface area contributed by atoms with Crippen LogP contribution in [0.5, 0.6) is 17.2 Å². The van der Waals surface area contributed by atoms with Crippen molar-refractivity contribution in [3.63, 3.8) is 0 Å². The summed E-state index contributed by atoms with van der Waals surface area (Å²) in [5.74, 6) is 2.14. The van der Waals surface area contributed by atoms with Gasteiger partial charge in [0.25, 0.3) is 0 Å². The Bertz CT molecular complexity index is 585. The average molecular weight is 320 g/mol. The van der Waals surface area contributed by atoms with Crippen LogP contribution in [0.4, 0.5) is 0 Å². The number of benzene rings is 2. The summed E-state index contributed by atoms with van der Waals surface area (Å²) in [7, 11) is 0. The summed E-state index contributed by atoms with van der Waals surface area (Å²) in [6.45, 7) is 7.90. The second-order valence-corrected chi connectivity index (χ2v) is 5.32. The summed E-state index contributed by atoms with van der Waals surface area (Å²) in [6, 6.07) is 15.0. The monoisotopic (exact) mass is 319 g/mol. The number of nitrogens with zero attached hydrogens (tertiary/aromatic N) is 1. The van der Waals surface area contributed by atoms with Crippen molar-refractivity contribution in [3.8, 4) is 17.2 Å². The van der Waals surface area contributed by atoms with E-state index in [-0.39, 0.29) is 0 Å². The maximum atomic E-state index is 5.98. The number of hydrogen-bond donors (Lipinski definition) is 0. The van der Waals surface area contributed by atoms with E-state index in [1.165, 1.54) is 0 Å². The van der Waals surface area contributed by atoms with Gasteiger partial charge in [0, 0.05) is 11.6 Å². The predicted octanol–water partition coefficient (Wildman–Crippen LogP) is 4.85. The largest absolute Gasteiger partial charge is 0.488 e. The third kappa shape index (κ3) is 4.93. The van der Waals surface area contributed by atoms with Crippen molar-refractivity contribution < 1.29 is 9.47 Å². The molecular formula is C18H22ClNO2. The Hall–Kier alpha value is -1.71. The fourth-order valence-electron chi connectivity index (χ4n) is 2.14. The Morgan fingerprint density at radius 3 is 2.36 bits per heavy atom. The van der Waals surface area contributed by atoms with Crippen LogP contribution in [0.25, 0.3) is 0 Å². The molecule has 0 bridgehead atoms. The van der Waals surface area contributed by atoms with E-state index >= 15 is 0 Å². The molecule has 0 saturated heterocycles. The predicted molar refractivity (Wildman–Crippen MR) is 91.3 cm³/mol. The quantitative estimate of drug-likeness (QED) is 0.694. The van der Waals surface area contributed by atoms with E-state index in [4.69, 9.17) is 21.1 Å². The van der Waals surface area contributed by atoms with Gasteiger partial charge >= 0.3 is 0 Å². The molecule has 0 atom stereocenters. The fourth-order valence-corrected chi connectivity index (χ4v) is 2.32. The molecule has 0 amide bonds. The van der Waals surface area contributed by atoms with Crippen molar-refractivity contribution in [1.82, 2.24) is 4.90 Å². The van der Waals surface area contributed by atoms with Gasteiger partial charge in [-0.1, -0.05) is 43.6 Å². The maximum absolute atomic E-state index is 5.98. The third-order valence-electron chi connectivity index (χ3n) is 3.43. The standard InChI is InChI=1S/C18H22ClNO2/c1-3-20(4-2)12-13-21-17-10-5-6-11-18(17)22-16-9-7-8-15(19)14-16/h5-11,14H,3-4,12-13H2,1-2H3. The molecule has 0 radical (unpaired) electrons. The Morgan fingerprint density at radius 2 is 1.68 bits per heavy atom. The minimum absolute atomic E-state index is 0.637. The van der Waals surface area contributed by atoms with Gasteiger partial charge in [0.1, 0.15) is 12.4 Å². The van der Waals surface area contributed by atoms with Crippen LogP contribution in [-0.4, -0.2) is 31.1 Å². The van der Waals surface area contributed by atoms with E-state index in [2.05, 4.69) is 18.7 Å². The van der Waals surface area contributed by atoms with Crippen molar-refractivity contribution in [3.05, 3.63) is 53.6 Å². The lowest BCUT2D eigenvalue weighted by molar-refractivity contribution is 0.218. The zero-order valence-electron chi connectivity index (χ0n) is 13.1. The summed E-state index contributed by atoms with van der Waals surface area (Å²) in [6.07, 6.45) is 0. The fraction of sp³-hybridized carbons (Fsp3) is 0.333. The number of ether oxygens (including phenoxy) is 2. The van der Waals surface area contributed by atoms with E-state index in [1.807, 2.05) is 42.5 Å². The van der Waals surface area contributed by atoms with Crippen LogP contribution < -0.4 is 9.47 Å². The summed E-state index contributed by atoms with van der Waals surface area (Å²) >= 11 is 5.98. The summed E-state index contributed by atoms with van der Waals surface area (Å²) < 4.78 is 11.8. The number of halogens is 1. The molecular weight excluding hydrogens is 298 g/mol. The summed E-state index contributed by atoms with van der Waals surface area (Å²) in [5, 5.41) is 0.650. The lowest BCUT2D eigenvalue weighted by atomic mass is 10.3. The van der Waals surface area contributed by atoms with Crippen LogP contribution in [0.15, 0.2) is 48.5 Å². The number of likely N-dealkylation sites (N-methyl/N-ethyl adjacent to an activating group) is 1. The van der Waals surface area contributed by atoms with Gasteiger partial charge in [-0.25, -0.2) is 0 Å². The van der Waals surface area contributed by atoms with E-state index in [9.17, 15) is 0 Å². The molecule has 0 aliphatic heterocycles. The van der Waals surface area contributed by atoms with Crippen LogP contribution in [0, 0.1) is 0 Å². The van der Waals surface area contributed by atoms with Crippen molar-refractivity contribution in [1.29, 1.82) is 0 Å². The summed E-state index contributed by atoms with van der Waals surface area (Å²) in [5.41, 5.74) is 0. The van der Waals surface area contributed by atoms with Crippen molar-refractivity contribution in [2.75, 3.05) is 26.2 Å². The van der Waals surface area contributed by atoms with Gasteiger partial charge in [-0.05, 0) is 43.4 Å². The molecule has 0 aliphatic carbocycles. The second-order valence-electron chi connectivity index (χ2n) is 4.88. The van der Waals surface area contributed by atoms with Crippen LogP contribution in [0.1, 0.15) is 13.8 Å². The number of para-hydroxylation sites is 2. The molecule has 0 N–H and O–H groups in total. The molecule has 22 heavy (non-hydrogen) atoms. The van der Waals surface area contributed by atoms with Gasteiger partial charge in [-0.3, -0.25) is 0 Å². The molecule has 2 aromatic rings. The van der Waals surface area contributed by atoms with Gasteiger partial charge in [0.05, 0.1) is 0 Å². The van der Waals surface area contributed by atoms with E-state index in [1.54, 1.807) is 6.07 Å². The van der Waals surface area contributed by atoms with Gasteiger partial charge in [0.2, 0.25) is 0 Å². The molecule has 4 heteroatoms. The van der Waals surface area contributed by atoms with Crippen molar-refractivity contribution in [2.45, 2.75) is 13.8 Å².